The lowest BCUT2D eigenvalue weighted by Crippen LogP contribution is -2.47. The molecule has 1 rings (SSSR count). The minimum atomic E-state index is -1.15. The Morgan fingerprint density at radius 1 is 1.15 bits per heavy atom. The van der Waals surface area contributed by atoms with E-state index in [4.69, 9.17) is 9.47 Å². The van der Waals surface area contributed by atoms with Gasteiger partial charge in [0.1, 0.15) is 17.2 Å². The van der Waals surface area contributed by atoms with Gasteiger partial charge in [0.25, 0.3) is 5.69 Å². The van der Waals surface area contributed by atoms with E-state index < -0.39 is 34.2 Å². The Balaban J connectivity index is 3.15. The lowest BCUT2D eigenvalue weighted by Gasteiger charge is -2.26. The number of nitrogens with one attached hydrogen (secondary N) is 1. The summed E-state index contributed by atoms with van der Waals surface area (Å²) in [6, 6.07) is 3.25. The standard InChI is InChI=1S/C18H25BrN2O6/c1-17(2,3)26-15(22)13(20-16(23)27-18(4,5)6)10-11-9-12(19)7-8-14(11)21(24)25/h7-9,13H,10H2,1-6H3,(H,20,23)/t13-/m0/s1. The van der Waals surface area contributed by atoms with Crippen LogP contribution in [0.3, 0.4) is 0 Å². The van der Waals surface area contributed by atoms with Gasteiger partial charge in [0.2, 0.25) is 0 Å². The van der Waals surface area contributed by atoms with Crippen molar-refractivity contribution in [3.05, 3.63) is 38.3 Å². The molecule has 0 saturated carbocycles. The molecule has 0 aliphatic carbocycles. The largest absolute Gasteiger partial charge is 0.458 e. The molecule has 150 valence electrons. The van der Waals surface area contributed by atoms with Crippen molar-refractivity contribution in [3.63, 3.8) is 0 Å². The molecule has 27 heavy (non-hydrogen) atoms. The van der Waals surface area contributed by atoms with Gasteiger partial charge in [0, 0.05) is 22.5 Å². The van der Waals surface area contributed by atoms with Crippen molar-refractivity contribution in [1.82, 2.24) is 5.32 Å². The van der Waals surface area contributed by atoms with Gasteiger partial charge in [-0.1, -0.05) is 15.9 Å². The number of benzene rings is 1. The molecular formula is C18H25BrN2O6. The van der Waals surface area contributed by atoms with Gasteiger partial charge in [-0.3, -0.25) is 10.1 Å². The van der Waals surface area contributed by atoms with Crippen LogP contribution in [-0.2, 0) is 20.7 Å². The minimum Gasteiger partial charge on any atom is -0.458 e. The maximum absolute atomic E-state index is 12.6. The van der Waals surface area contributed by atoms with Crippen molar-refractivity contribution in [1.29, 1.82) is 0 Å². The number of carbonyl (C=O) groups is 2. The second kappa shape index (κ2) is 8.69. The van der Waals surface area contributed by atoms with E-state index >= 15 is 0 Å². The lowest BCUT2D eigenvalue weighted by molar-refractivity contribution is -0.385. The Labute approximate surface area is 166 Å². The quantitative estimate of drug-likeness (QED) is 0.415. The molecule has 1 atom stereocenters. The fourth-order valence-electron chi connectivity index (χ4n) is 2.13. The third-order valence-corrected chi connectivity index (χ3v) is 3.54. The molecule has 1 aromatic rings. The molecular weight excluding hydrogens is 420 g/mol. The Kier molecular flexibility index (Phi) is 7.36. The van der Waals surface area contributed by atoms with Crippen molar-refractivity contribution in [2.75, 3.05) is 0 Å². The number of rotatable bonds is 5. The van der Waals surface area contributed by atoms with Crippen LogP contribution in [0.5, 0.6) is 0 Å². The molecule has 1 amide bonds. The number of nitrogens with zero attached hydrogens (tertiary/aromatic N) is 1. The molecule has 9 heteroatoms. The highest BCUT2D eigenvalue weighted by atomic mass is 79.9. The zero-order valence-electron chi connectivity index (χ0n) is 16.3. The highest BCUT2D eigenvalue weighted by Crippen LogP contribution is 2.25. The maximum Gasteiger partial charge on any atom is 0.408 e. The number of nitro groups is 1. The topological polar surface area (TPSA) is 108 Å². The molecule has 0 unspecified atom stereocenters. The zero-order valence-corrected chi connectivity index (χ0v) is 17.9. The second-order valence-corrected chi connectivity index (χ2v) is 8.88. The highest BCUT2D eigenvalue weighted by molar-refractivity contribution is 9.10. The SMILES string of the molecule is CC(C)(C)OC(=O)N[C@@H](Cc1cc(Br)ccc1[N+](=O)[O-])C(=O)OC(C)(C)C. The van der Waals surface area contributed by atoms with Gasteiger partial charge >= 0.3 is 12.1 Å². The number of hydrogen-bond acceptors (Lipinski definition) is 6. The number of hydrogen-bond donors (Lipinski definition) is 1. The maximum atomic E-state index is 12.6. The van der Waals surface area contributed by atoms with Crippen LogP contribution in [0, 0.1) is 10.1 Å². The van der Waals surface area contributed by atoms with E-state index in [-0.39, 0.29) is 17.7 Å². The second-order valence-electron chi connectivity index (χ2n) is 7.97. The summed E-state index contributed by atoms with van der Waals surface area (Å²) in [5.41, 5.74) is -1.42. The average Bonchev–Trinajstić information content (AvgIpc) is 2.42. The molecule has 0 bridgehead atoms. The van der Waals surface area contributed by atoms with E-state index in [1.165, 1.54) is 18.2 Å². The van der Waals surface area contributed by atoms with Crippen molar-refractivity contribution in [2.24, 2.45) is 0 Å². The molecule has 0 aliphatic heterocycles. The van der Waals surface area contributed by atoms with Crippen LogP contribution in [0.4, 0.5) is 10.5 Å². The summed E-state index contributed by atoms with van der Waals surface area (Å²) in [6.07, 6.45) is -0.930. The van der Waals surface area contributed by atoms with E-state index in [9.17, 15) is 19.7 Å². The van der Waals surface area contributed by atoms with Gasteiger partial charge in [-0.2, -0.15) is 0 Å². The average molecular weight is 445 g/mol. The number of carbonyl (C=O) groups excluding carboxylic acids is 2. The number of esters is 1. The summed E-state index contributed by atoms with van der Waals surface area (Å²) < 4.78 is 11.1. The van der Waals surface area contributed by atoms with Crippen LogP contribution in [0.2, 0.25) is 0 Å². The number of halogens is 1. The van der Waals surface area contributed by atoms with Crippen LogP contribution in [0.25, 0.3) is 0 Å². The summed E-state index contributed by atoms with van der Waals surface area (Å²) in [4.78, 5) is 35.4. The summed E-state index contributed by atoms with van der Waals surface area (Å²) in [7, 11) is 0. The monoisotopic (exact) mass is 444 g/mol. The predicted molar refractivity (Wildman–Crippen MR) is 104 cm³/mol. The number of alkyl carbamates (subject to hydrolysis) is 1. The smallest absolute Gasteiger partial charge is 0.408 e. The van der Waals surface area contributed by atoms with Gasteiger partial charge in [-0.25, -0.2) is 9.59 Å². The Hall–Kier alpha value is -2.16. The van der Waals surface area contributed by atoms with Crippen LogP contribution in [-0.4, -0.2) is 34.2 Å². The minimum absolute atomic E-state index is 0.121. The zero-order chi connectivity index (χ0) is 21.0. The van der Waals surface area contributed by atoms with Crippen LogP contribution in [0.15, 0.2) is 22.7 Å². The molecule has 0 aromatic heterocycles. The van der Waals surface area contributed by atoms with Crippen molar-refractivity contribution < 1.29 is 24.0 Å². The first kappa shape index (κ1) is 22.9. The van der Waals surface area contributed by atoms with Crippen molar-refractivity contribution in [2.45, 2.75) is 65.2 Å². The van der Waals surface area contributed by atoms with Crippen LogP contribution >= 0.6 is 15.9 Å². The first-order valence-electron chi connectivity index (χ1n) is 8.33. The van der Waals surface area contributed by atoms with Gasteiger partial charge < -0.3 is 14.8 Å². The van der Waals surface area contributed by atoms with Gasteiger partial charge in [-0.15, -0.1) is 0 Å². The fourth-order valence-corrected chi connectivity index (χ4v) is 2.54. The first-order chi connectivity index (χ1) is 12.2. The predicted octanol–water partition coefficient (Wildman–Crippen LogP) is 4.13. The third-order valence-electron chi connectivity index (χ3n) is 3.04. The molecule has 0 radical (unpaired) electrons. The van der Waals surface area contributed by atoms with Gasteiger partial charge in [-0.05, 0) is 53.7 Å². The molecule has 0 spiro atoms. The summed E-state index contributed by atoms with van der Waals surface area (Å²) in [5, 5.41) is 13.7. The van der Waals surface area contributed by atoms with Gasteiger partial charge in [0.05, 0.1) is 4.92 Å². The molecule has 1 N–H and O–H groups in total. The summed E-state index contributed by atoms with van der Waals surface area (Å²) in [5.74, 6) is -0.706. The van der Waals surface area contributed by atoms with E-state index in [0.29, 0.717) is 4.47 Å². The molecule has 0 fully saturated rings. The van der Waals surface area contributed by atoms with Crippen LogP contribution in [0.1, 0.15) is 47.1 Å². The molecule has 1 aromatic carbocycles. The normalized spacial score (nSPS) is 12.9. The van der Waals surface area contributed by atoms with E-state index in [0.717, 1.165) is 0 Å². The van der Waals surface area contributed by atoms with Crippen molar-refractivity contribution >= 4 is 33.7 Å². The Morgan fingerprint density at radius 2 is 1.70 bits per heavy atom. The van der Waals surface area contributed by atoms with Crippen molar-refractivity contribution in [3.8, 4) is 0 Å². The summed E-state index contributed by atoms with van der Waals surface area (Å²) in [6.45, 7) is 10.1. The number of nitro benzene ring substituents is 1. The van der Waals surface area contributed by atoms with Gasteiger partial charge in [0.15, 0.2) is 0 Å². The first-order valence-corrected chi connectivity index (χ1v) is 9.12. The highest BCUT2D eigenvalue weighted by Gasteiger charge is 2.31. The number of amides is 1. The molecule has 0 saturated heterocycles. The third kappa shape index (κ3) is 8.38. The number of ether oxygens (including phenoxy) is 2. The molecule has 8 nitrogen and oxygen atoms in total. The Morgan fingerprint density at radius 3 is 2.19 bits per heavy atom. The lowest BCUT2D eigenvalue weighted by atomic mass is 10.0. The van der Waals surface area contributed by atoms with E-state index in [2.05, 4.69) is 21.2 Å². The molecule has 0 heterocycles. The van der Waals surface area contributed by atoms with Crippen LogP contribution < -0.4 is 5.32 Å². The fraction of sp³-hybridized carbons (Fsp3) is 0.556. The molecule has 0 aliphatic rings. The van der Waals surface area contributed by atoms with E-state index in [1.54, 1.807) is 41.5 Å². The van der Waals surface area contributed by atoms with E-state index in [1.807, 2.05) is 0 Å². The Bertz CT molecular complexity index is 722. The summed E-state index contributed by atoms with van der Waals surface area (Å²) >= 11 is 3.26.